The van der Waals surface area contributed by atoms with E-state index in [1.54, 1.807) is 4.90 Å². The van der Waals surface area contributed by atoms with Gasteiger partial charge in [-0.25, -0.2) is 4.79 Å². The number of urea groups is 1. The first-order valence-corrected chi connectivity index (χ1v) is 11.5. The van der Waals surface area contributed by atoms with Crippen LogP contribution in [-0.4, -0.2) is 46.3 Å². The molecule has 32 heavy (non-hydrogen) atoms. The molecule has 2 aromatic rings. The second-order valence-corrected chi connectivity index (χ2v) is 8.98. The molecule has 0 radical (unpaired) electrons. The topological polar surface area (TPSA) is 69.7 Å². The van der Waals surface area contributed by atoms with Crippen molar-refractivity contribution >= 4 is 17.8 Å². The lowest BCUT2D eigenvalue weighted by Gasteiger charge is -2.36. The van der Waals surface area contributed by atoms with E-state index >= 15 is 0 Å². The largest absolute Gasteiger partial charge is 0.336 e. The lowest BCUT2D eigenvalue weighted by atomic mass is 9.73. The molecule has 2 aliphatic rings. The zero-order valence-electron chi connectivity index (χ0n) is 18.6. The Labute approximate surface area is 189 Å². The monoisotopic (exact) mass is 433 g/mol. The van der Waals surface area contributed by atoms with Crippen molar-refractivity contribution in [2.45, 2.75) is 51.1 Å². The van der Waals surface area contributed by atoms with Gasteiger partial charge in [-0.05, 0) is 36.3 Å². The second-order valence-electron chi connectivity index (χ2n) is 8.98. The molecule has 1 spiro atoms. The molecule has 2 aromatic carbocycles. The highest BCUT2D eigenvalue weighted by Crippen LogP contribution is 2.38. The van der Waals surface area contributed by atoms with Gasteiger partial charge in [0.1, 0.15) is 12.1 Å². The van der Waals surface area contributed by atoms with E-state index in [9.17, 15) is 14.4 Å². The molecule has 4 rings (SSSR count). The molecule has 1 saturated carbocycles. The number of carbonyl (C=O) groups is 3. The number of nitrogens with zero attached hydrogens (tertiary/aromatic N) is 2. The average molecular weight is 434 g/mol. The number of benzene rings is 2. The normalized spacial score (nSPS) is 22.8. The molecule has 2 atom stereocenters. The standard InChI is InChI=1S/C26H31N3O3/c1-20-10-8-9-16-26(20)24(31)29(25(32)27-26)19-23(30)28(18-22-13-6-3-7-14-22)17-15-21-11-4-2-5-12-21/h2-7,11-14,20H,8-10,15-19H2,1H3,(H,27,32)/t20-,26-/m1/s1. The number of imide groups is 1. The zero-order valence-corrected chi connectivity index (χ0v) is 18.6. The molecule has 168 valence electrons. The fourth-order valence-corrected chi connectivity index (χ4v) is 4.88. The van der Waals surface area contributed by atoms with Gasteiger partial charge < -0.3 is 10.2 Å². The van der Waals surface area contributed by atoms with E-state index in [1.807, 2.05) is 67.6 Å². The van der Waals surface area contributed by atoms with Crippen molar-refractivity contribution in [3.05, 3.63) is 71.8 Å². The van der Waals surface area contributed by atoms with Crippen LogP contribution in [0.4, 0.5) is 4.79 Å². The van der Waals surface area contributed by atoms with E-state index in [0.29, 0.717) is 25.9 Å². The van der Waals surface area contributed by atoms with Crippen LogP contribution in [-0.2, 0) is 22.6 Å². The molecule has 1 saturated heterocycles. The third-order valence-corrected chi connectivity index (χ3v) is 6.88. The fraction of sp³-hybridized carbons (Fsp3) is 0.423. The van der Waals surface area contributed by atoms with Crippen molar-refractivity contribution in [2.24, 2.45) is 5.92 Å². The van der Waals surface area contributed by atoms with Gasteiger partial charge in [0.15, 0.2) is 0 Å². The molecule has 6 nitrogen and oxygen atoms in total. The molecule has 4 amide bonds. The van der Waals surface area contributed by atoms with Gasteiger partial charge in [0.05, 0.1) is 0 Å². The van der Waals surface area contributed by atoms with Crippen LogP contribution in [0.2, 0.25) is 0 Å². The van der Waals surface area contributed by atoms with Gasteiger partial charge in [-0.3, -0.25) is 14.5 Å². The summed E-state index contributed by atoms with van der Waals surface area (Å²) in [6.07, 6.45) is 4.24. The smallest absolute Gasteiger partial charge is 0.325 e. The number of nitrogens with one attached hydrogen (secondary N) is 1. The maximum atomic E-state index is 13.3. The third-order valence-electron chi connectivity index (χ3n) is 6.88. The maximum Gasteiger partial charge on any atom is 0.325 e. The van der Waals surface area contributed by atoms with Gasteiger partial charge in [0.25, 0.3) is 5.91 Å². The highest BCUT2D eigenvalue weighted by Gasteiger charge is 2.55. The molecule has 6 heteroatoms. The van der Waals surface area contributed by atoms with Crippen molar-refractivity contribution in [2.75, 3.05) is 13.1 Å². The van der Waals surface area contributed by atoms with Crippen LogP contribution in [0.15, 0.2) is 60.7 Å². The van der Waals surface area contributed by atoms with Gasteiger partial charge in [-0.15, -0.1) is 0 Å². The Morgan fingerprint density at radius 2 is 1.69 bits per heavy atom. The van der Waals surface area contributed by atoms with Gasteiger partial charge in [-0.1, -0.05) is 80.4 Å². The molecule has 1 heterocycles. The van der Waals surface area contributed by atoms with Gasteiger partial charge in [-0.2, -0.15) is 0 Å². The maximum absolute atomic E-state index is 13.3. The first-order valence-electron chi connectivity index (χ1n) is 11.5. The predicted molar refractivity (Wildman–Crippen MR) is 123 cm³/mol. The summed E-state index contributed by atoms with van der Waals surface area (Å²) < 4.78 is 0. The second kappa shape index (κ2) is 9.55. The Balaban J connectivity index is 1.48. The Kier molecular flexibility index (Phi) is 6.58. The van der Waals surface area contributed by atoms with Gasteiger partial charge in [0, 0.05) is 13.1 Å². The Morgan fingerprint density at radius 3 is 2.34 bits per heavy atom. The highest BCUT2D eigenvalue weighted by atomic mass is 16.2. The number of rotatable bonds is 7. The van der Waals surface area contributed by atoms with Crippen molar-refractivity contribution in [1.82, 2.24) is 15.1 Å². The SMILES string of the molecule is C[C@@H]1CCCC[C@@]12NC(=O)N(CC(=O)N(CCc1ccccc1)Cc1ccccc1)C2=O. The lowest BCUT2D eigenvalue weighted by Crippen LogP contribution is -2.54. The van der Waals surface area contributed by atoms with E-state index in [-0.39, 0.29) is 24.3 Å². The Morgan fingerprint density at radius 1 is 1.03 bits per heavy atom. The summed E-state index contributed by atoms with van der Waals surface area (Å²) in [6.45, 7) is 2.76. The summed E-state index contributed by atoms with van der Waals surface area (Å²) in [4.78, 5) is 42.2. The fourth-order valence-electron chi connectivity index (χ4n) is 4.88. The molecule has 0 unspecified atom stereocenters. The number of carbonyl (C=O) groups excluding carboxylic acids is 3. The van der Waals surface area contributed by atoms with Crippen molar-refractivity contribution in [3.8, 4) is 0 Å². The van der Waals surface area contributed by atoms with Crippen LogP contribution >= 0.6 is 0 Å². The van der Waals surface area contributed by atoms with Crippen LogP contribution in [0, 0.1) is 5.92 Å². The lowest BCUT2D eigenvalue weighted by molar-refractivity contribution is -0.140. The first-order chi connectivity index (χ1) is 15.5. The highest BCUT2D eigenvalue weighted by molar-refractivity contribution is 6.09. The first kappa shape index (κ1) is 22.1. The minimum atomic E-state index is -0.843. The number of hydrogen-bond donors (Lipinski definition) is 1. The molecular formula is C26H31N3O3. The third kappa shape index (κ3) is 4.54. The van der Waals surface area contributed by atoms with Crippen LogP contribution in [0.5, 0.6) is 0 Å². The number of amides is 4. The Bertz CT molecular complexity index is 963. The van der Waals surface area contributed by atoms with Crippen molar-refractivity contribution < 1.29 is 14.4 Å². The molecule has 1 aliphatic carbocycles. The minimum Gasteiger partial charge on any atom is -0.336 e. The zero-order chi connectivity index (χ0) is 22.6. The quantitative estimate of drug-likeness (QED) is 0.676. The van der Waals surface area contributed by atoms with Crippen LogP contribution in [0.1, 0.15) is 43.7 Å². The molecule has 2 fully saturated rings. The Hall–Kier alpha value is -3.15. The average Bonchev–Trinajstić information content (AvgIpc) is 3.04. The molecule has 0 aromatic heterocycles. The van der Waals surface area contributed by atoms with E-state index in [2.05, 4.69) is 5.32 Å². The van der Waals surface area contributed by atoms with Crippen LogP contribution < -0.4 is 5.32 Å². The summed E-state index contributed by atoms with van der Waals surface area (Å²) in [5.74, 6) is -0.383. The number of hydrogen-bond acceptors (Lipinski definition) is 3. The van der Waals surface area contributed by atoms with Crippen molar-refractivity contribution in [1.29, 1.82) is 0 Å². The minimum absolute atomic E-state index is 0.0753. The van der Waals surface area contributed by atoms with E-state index in [0.717, 1.165) is 35.3 Å². The van der Waals surface area contributed by atoms with Gasteiger partial charge in [0.2, 0.25) is 5.91 Å². The molecule has 1 N–H and O–H groups in total. The summed E-state index contributed by atoms with van der Waals surface area (Å²) in [5.41, 5.74) is 1.32. The van der Waals surface area contributed by atoms with Crippen LogP contribution in [0.3, 0.4) is 0 Å². The van der Waals surface area contributed by atoms with E-state index in [1.165, 1.54) is 0 Å². The van der Waals surface area contributed by atoms with E-state index in [4.69, 9.17) is 0 Å². The molecule has 0 bridgehead atoms. The summed E-state index contributed by atoms with van der Waals surface area (Å²) in [7, 11) is 0. The predicted octanol–water partition coefficient (Wildman–Crippen LogP) is 3.76. The van der Waals surface area contributed by atoms with E-state index < -0.39 is 11.6 Å². The van der Waals surface area contributed by atoms with Crippen molar-refractivity contribution in [3.63, 3.8) is 0 Å². The van der Waals surface area contributed by atoms with Gasteiger partial charge >= 0.3 is 6.03 Å². The van der Waals surface area contributed by atoms with Crippen LogP contribution in [0.25, 0.3) is 0 Å². The molecule has 1 aliphatic heterocycles. The summed E-state index contributed by atoms with van der Waals surface area (Å²) in [5, 5.41) is 2.94. The molecular weight excluding hydrogens is 402 g/mol. The summed E-state index contributed by atoms with van der Waals surface area (Å²) in [6, 6.07) is 19.4. The summed E-state index contributed by atoms with van der Waals surface area (Å²) >= 11 is 0.